The van der Waals surface area contributed by atoms with Crippen LogP contribution in [0, 0.1) is 0 Å². The van der Waals surface area contributed by atoms with E-state index in [2.05, 4.69) is 34.3 Å². The first-order valence-corrected chi connectivity index (χ1v) is 8.70. The van der Waals surface area contributed by atoms with Crippen LogP contribution in [0.2, 0.25) is 0 Å². The number of benzene rings is 1. The van der Waals surface area contributed by atoms with Gasteiger partial charge >= 0.3 is 0 Å². The van der Waals surface area contributed by atoms with E-state index in [9.17, 15) is 0 Å². The highest BCUT2D eigenvalue weighted by atomic mass is 35.5. The topological polar surface area (TPSA) is 55.3 Å². The number of hydrogen-bond donors (Lipinski definition) is 1. The predicted octanol–water partition coefficient (Wildman–Crippen LogP) is 3.75. The van der Waals surface area contributed by atoms with Gasteiger partial charge in [-0.15, -0.1) is 23.7 Å². The van der Waals surface area contributed by atoms with Crippen LogP contribution in [0.5, 0.6) is 0 Å². The number of hydrogen-bond acceptors (Lipinski definition) is 5. The highest BCUT2D eigenvalue weighted by Gasteiger charge is 2.31. The largest absolute Gasteiger partial charge is 0.355 e. The van der Waals surface area contributed by atoms with E-state index in [1.807, 2.05) is 29.6 Å². The lowest BCUT2D eigenvalue weighted by molar-refractivity contribution is 0.308. The first-order chi connectivity index (χ1) is 11.3. The number of likely N-dealkylation sites (tertiary alicyclic amines) is 1. The van der Waals surface area contributed by atoms with Crippen molar-refractivity contribution in [1.29, 1.82) is 0 Å². The summed E-state index contributed by atoms with van der Waals surface area (Å²) in [6.07, 6.45) is 0. The first-order valence-electron chi connectivity index (χ1n) is 7.82. The van der Waals surface area contributed by atoms with E-state index in [1.54, 1.807) is 11.3 Å². The van der Waals surface area contributed by atoms with Crippen molar-refractivity contribution in [3.05, 3.63) is 65.2 Å². The third kappa shape index (κ3) is 3.54. The standard InChI is InChI=1S/C18H19N3OS.ClH/c19-16-12-21(11-15(16)13-5-2-1-3-6-13)10-14-9-17(22-20-14)18-7-4-8-23-18;/h1-9,15-16H,10-12,19H2;1H/t15-,16+;/m0./s1. The normalized spacial score (nSPS) is 20.9. The Kier molecular flexibility index (Phi) is 5.36. The molecule has 1 aliphatic rings. The SMILES string of the molecule is Cl.N[C@@H]1CN(Cc2cc(-c3cccs3)on2)C[C@H]1c1ccccc1. The smallest absolute Gasteiger partial charge is 0.177 e. The van der Waals surface area contributed by atoms with Crippen LogP contribution < -0.4 is 5.73 Å². The van der Waals surface area contributed by atoms with E-state index in [1.165, 1.54) is 5.56 Å². The Morgan fingerprint density at radius 2 is 2.00 bits per heavy atom. The fourth-order valence-electron chi connectivity index (χ4n) is 3.25. The molecule has 24 heavy (non-hydrogen) atoms. The molecule has 0 radical (unpaired) electrons. The molecule has 3 aromatic rings. The Labute approximate surface area is 151 Å². The number of halogens is 1. The molecule has 1 aliphatic heterocycles. The molecular formula is C18H20ClN3OS. The minimum Gasteiger partial charge on any atom is -0.355 e. The third-order valence-electron chi connectivity index (χ3n) is 4.38. The molecule has 1 saturated heterocycles. The maximum absolute atomic E-state index is 6.35. The van der Waals surface area contributed by atoms with Gasteiger partial charge in [-0.1, -0.05) is 41.6 Å². The molecular weight excluding hydrogens is 342 g/mol. The summed E-state index contributed by atoms with van der Waals surface area (Å²) in [6, 6.07) is 16.8. The maximum Gasteiger partial charge on any atom is 0.177 e. The van der Waals surface area contributed by atoms with Crippen LogP contribution in [0.15, 0.2) is 58.4 Å². The van der Waals surface area contributed by atoms with Gasteiger partial charge in [-0.2, -0.15) is 0 Å². The lowest BCUT2D eigenvalue weighted by Gasteiger charge is -2.14. The second-order valence-corrected chi connectivity index (χ2v) is 6.98. The van der Waals surface area contributed by atoms with Crippen molar-refractivity contribution >= 4 is 23.7 Å². The van der Waals surface area contributed by atoms with E-state index in [-0.39, 0.29) is 18.4 Å². The summed E-state index contributed by atoms with van der Waals surface area (Å²) in [5, 5.41) is 6.25. The lowest BCUT2D eigenvalue weighted by Crippen LogP contribution is -2.28. The van der Waals surface area contributed by atoms with Crippen LogP contribution in [0.1, 0.15) is 17.2 Å². The number of nitrogens with zero attached hydrogens (tertiary/aromatic N) is 2. The number of thiophene rings is 1. The average molecular weight is 362 g/mol. The number of nitrogens with two attached hydrogens (primary N) is 1. The molecule has 0 amide bonds. The zero-order valence-corrected chi connectivity index (χ0v) is 14.8. The summed E-state index contributed by atoms with van der Waals surface area (Å²) < 4.78 is 5.46. The maximum atomic E-state index is 6.35. The molecule has 0 saturated carbocycles. The van der Waals surface area contributed by atoms with Gasteiger partial charge in [0.2, 0.25) is 0 Å². The zero-order valence-electron chi connectivity index (χ0n) is 13.2. The molecule has 6 heteroatoms. The van der Waals surface area contributed by atoms with Gasteiger partial charge in [0.15, 0.2) is 5.76 Å². The van der Waals surface area contributed by atoms with Crippen LogP contribution in [0.25, 0.3) is 10.6 Å². The minimum absolute atomic E-state index is 0. The van der Waals surface area contributed by atoms with Crippen LogP contribution in [-0.2, 0) is 6.54 Å². The van der Waals surface area contributed by atoms with Crippen molar-refractivity contribution in [2.24, 2.45) is 5.73 Å². The molecule has 0 aliphatic carbocycles. The van der Waals surface area contributed by atoms with Crippen molar-refractivity contribution in [3.63, 3.8) is 0 Å². The molecule has 2 aromatic heterocycles. The fourth-order valence-corrected chi connectivity index (χ4v) is 3.92. The molecule has 0 bridgehead atoms. The summed E-state index contributed by atoms with van der Waals surface area (Å²) in [6.45, 7) is 2.64. The molecule has 3 heterocycles. The average Bonchev–Trinajstić information content (AvgIpc) is 3.29. The monoisotopic (exact) mass is 361 g/mol. The van der Waals surface area contributed by atoms with Gasteiger partial charge < -0.3 is 10.3 Å². The second kappa shape index (κ2) is 7.49. The highest BCUT2D eigenvalue weighted by molar-refractivity contribution is 7.13. The Hall–Kier alpha value is -1.66. The van der Waals surface area contributed by atoms with Crippen LogP contribution in [0.4, 0.5) is 0 Å². The van der Waals surface area contributed by atoms with Crippen LogP contribution >= 0.6 is 23.7 Å². The van der Waals surface area contributed by atoms with Gasteiger partial charge in [0.1, 0.15) is 0 Å². The van der Waals surface area contributed by atoms with Gasteiger partial charge in [0, 0.05) is 37.7 Å². The Morgan fingerprint density at radius 3 is 2.75 bits per heavy atom. The number of rotatable bonds is 4. The summed E-state index contributed by atoms with van der Waals surface area (Å²) in [5.41, 5.74) is 8.64. The molecule has 1 fully saturated rings. The first kappa shape index (κ1) is 17.2. The van der Waals surface area contributed by atoms with Crippen molar-refractivity contribution in [2.75, 3.05) is 13.1 Å². The van der Waals surface area contributed by atoms with Gasteiger partial charge in [0.25, 0.3) is 0 Å². The number of aromatic nitrogens is 1. The molecule has 1 aromatic carbocycles. The van der Waals surface area contributed by atoms with E-state index >= 15 is 0 Å². The van der Waals surface area contributed by atoms with Crippen molar-refractivity contribution < 1.29 is 4.52 Å². The van der Waals surface area contributed by atoms with Crippen molar-refractivity contribution in [3.8, 4) is 10.6 Å². The Bertz CT molecular complexity index is 760. The van der Waals surface area contributed by atoms with Crippen LogP contribution in [0.3, 0.4) is 0 Å². The molecule has 2 atom stereocenters. The summed E-state index contributed by atoms with van der Waals surface area (Å²) in [4.78, 5) is 3.47. The van der Waals surface area contributed by atoms with E-state index in [0.29, 0.717) is 5.92 Å². The molecule has 0 unspecified atom stereocenters. The summed E-state index contributed by atoms with van der Waals surface area (Å²) >= 11 is 1.66. The summed E-state index contributed by atoms with van der Waals surface area (Å²) in [5.74, 6) is 1.23. The second-order valence-electron chi connectivity index (χ2n) is 6.03. The van der Waals surface area contributed by atoms with E-state index in [4.69, 9.17) is 10.3 Å². The quantitative estimate of drug-likeness (QED) is 0.768. The third-order valence-corrected chi connectivity index (χ3v) is 5.26. The minimum atomic E-state index is 0. The molecule has 4 nitrogen and oxygen atoms in total. The highest BCUT2D eigenvalue weighted by Crippen LogP contribution is 2.29. The molecule has 126 valence electrons. The van der Waals surface area contributed by atoms with E-state index in [0.717, 1.165) is 36.0 Å². The van der Waals surface area contributed by atoms with Gasteiger partial charge in [-0.3, -0.25) is 4.90 Å². The van der Waals surface area contributed by atoms with Gasteiger partial charge in [-0.25, -0.2) is 0 Å². The van der Waals surface area contributed by atoms with Gasteiger partial charge in [0.05, 0.1) is 10.6 Å². The molecule has 4 rings (SSSR count). The van der Waals surface area contributed by atoms with Crippen molar-refractivity contribution in [1.82, 2.24) is 10.1 Å². The van der Waals surface area contributed by atoms with Gasteiger partial charge in [-0.05, 0) is 17.0 Å². The van der Waals surface area contributed by atoms with Crippen molar-refractivity contribution in [2.45, 2.75) is 18.5 Å². The van der Waals surface area contributed by atoms with E-state index < -0.39 is 0 Å². The van der Waals surface area contributed by atoms with Crippen LogP contribution in [-0.4, -0.2) is 29.2 Å². The fraction of sp³-hybridized carbons (Fsp3) is 0.278. The molecule has 0 spiro atoms. The predicted molar refractivity (Wildman–Crippen MR) is 99.5 cm³/mol. The summed E-state index contributed by atoms with van der Waals surface area (Å²) in [7, 11) is 0. The zero-order chi connectivity index (χ0) is 15.6. The molecule has 2 N–H and O–H groups in total. The lowest BCUT2D eigenvalue weighted by atomic mass is 9.95. The Balaban J connectivity index is 0.00000169. The Morgan fingerprint density at radius 1 is 1.17 bits per heavy atom.